The number of aromatic nitrogens is 1. The fourth-order valence-electron chi connectivity index (χ4n) is 5.71. The number of carboxylic acids is 1. The van der Waals surface area contributed by atoms with Crippen LogP contribution in [0.2, 0.25) is 0 Å². The summed E-state index contributed by atoms with van der Waals surface area (Å²) in [6.07, 6.45) is 13.9. The summed E-state index contributed by atoms with van der Waals surface area (Å²) in [7, 11) is 1.95. The molecule has 2 fully saturated rings. The van der Waals surface area contributed by atoms with Crippen molar-refractivity contribution in [1.29, 1.82) is 0 Å². The van der Waals surface area contributed by atoms with Crippen molar-refractivity contribution >= 4 is 22.6 Å². The Labute approximate surface area is 209 Å². The largest absolute Gasteiger partial charge is 0.508 e. The van der Waals surface area contributed by atoms with Gasteiger partial charge in [0.25, 0.3) is 0 Å². The summed E-state index contributed by atoms with van der Waals surface area (Å²) in [6.45, 7) is 3.95. The van der Waals surface area contributed by atoms with E-state index in [9.17, 15) is 15.0 Å². The van der Waals surface area contributed by atoms with Gasteiger partial charge in [0.2, 0.25) is 0 Å². The molecule has 35 heavy (non-hydrogen) atoms. The summed E-state index contributed by atoms with van der Waals surface area (Å²) in [4.78, 5) is 18.1. The molecule has 1 aromatic carbocycles. The summed E-state index contributed by atoms with van der Waals surface area (Å²) < 4.78 is 5.77. The van der Waals surface area contributed by atoms with Gasteiger partial charge in [-0.3, -0.25) is 9.78 Å². The monoisotopic (exact) mass is 485 g/mol. The maximum Gasteiger partial charge on any atom is 0.306 e. The highest BCUT2D eigenvalue weighted by atomic mass is 16.5. The minimum Gasteiger partial charge on any atom is -0.508 e. The Morgan fingerprint density at radius 1 is 1.14 bits per heavy atom. The molecule has 0 spiro atoms. The van der Waals surface area contributed by atoms with E-state index in [1.54, 1.807) is 24.4 Å². The third kappa shape index (κ3) is 7.47. The number of nitrogens with two attached hydrogens (primary N) is 1. The number of aromatic hydroxyl groups is 1. The van der Waals surface area contributed by atoms with Crippen LogP contribution in [-0.2, 0) is 4.79 Å². The van der Waals surface area contributed by atoms with E-state index in [0.717, 1.165) is 54.7 Å². The highest BCUT2D eigenvalue weighted by Gasteiger charge is 2.32. The third-order valence-electron chi connectivity index (χ3n) is 7.51. The van der Waals surface area contributed by atoms with Crippen molar-refractivity contribution in [1.82, 2.24) is 4.98 Å². The molecule has 2 atom stereocenters. The molecule has 2 aliphatic rings. The van der Waals surface area contributed by atoms with Crippen molar-refractivity contribution in [2.24, 2.45) is 23.5 Å². The van der Waals surface area contributed by atoms with Crippen LogP contribution < -0.4 is 15.4 Å². The zero-order chi connectivity index (χ0) is 25.2. The maximum atomic E-state index is 11.6. The Morgan fingerprint density at radius 2 is 1.86 bits per heavy atom. The van der Waals surface area contributed by atoms with Crippen molar-refractivity contribution in [2.75, 3.05) is 31.6 Å². The Kier molecular flexibility index (Phi) is 10.5. The van der Waals surface area contributed by atoms with E-state index in [2.05, 4.69) is 9.88 Å². The Bertz CT molecular complexity index is 942. The van der Waals surface area contributed by atoms with Crippen LogP contribution in [0.4, 0.5) is 5.69 Å². The number of hydrogen-bond donors (Lipinski definition) is 3. The molecule has 0 bridgehead atoms. The van der Waals surface area contributed by atoms with Gasteiger partial charge in [0.05, 0.1) is 29.9 Å². The number of hydrogen-bond acceptors (Lipinski definition) is 6. The van der Waals surface area contributed by atoms with Gasteiger partial charge in [-0.25, -0.2) is 0 Å². The first kappa shape index (κ1) is 27.1. The fraction of sp³-hybridized carbons (Fsp3) is 0.643. The number of nitrogens with zero attached hydrogens (tertiary/aromatic N) is 2. The number of phenols is 1. The van der Waals surface area contributed by atoms with Crippen molar-refractivity contribution in [3.8, 4) is 11.5 Å². The molecule has 1 aromatic heterocycles. The first-order chi connectivity index (χ1) is 16.9. The number of phenolic OH excluding ortho intramolecular Hbond substituents is 1. The molecule has 2 saturated carbocycles. The van der Waals surface area contributed by atoms with E-state index in [1.165, 1.54) is 38.5 Å². The van der Waals surface area contributed by atoms with E-state index >= 15 is 0 Å². The molecular weight excluding hydrogens is 442 g/mol. The van der Waals surface area contributed by atoms with Crippen LogP contribution in [0, 0.1) is 17.8 Å². The van der Waals surface area contributed by atoms with Gasteiger partial charge in [-0.15, -0.1) is 0 Å². The standard InChI is InChI=1S/C20H26N2O4.C8H17N/c1-3-26-18-11-21-17-9-8-14(23)10-16(17)19(18)22(2)12-13-6-4-5-7-15(13)20(24)25;9-7-6-8-4-2-1-3-5-8/h8-11,13,15,23H,3-7,12H2,1-2H3,(H,24,25);8H,1-7,9H2/t13-,15-;/m1./s1. The summed E-state index contributed by atoms with van der Waals surface area (Å²) in [5.74, 6) is 0.887. The number of anilines is 1. The molecule has 0 saturated heterocycles. The molecule has 194 valence electrons. The highest BCUT2D eigenvalue weighted by molar-refractivity contribution is 5.95. The predicted octanol–water partition coefficient (Wildman–Crippen LogP) is 5.58. The van der Waals surface area contributed by atoms with E-state index in [4.69, 9.17) is 10.5 Å². The number of rotatable bonds is 8. The van der Waals surface area contributed by atoms with Crippen LogP contribution in [0.3, 0.4) is 0 Å². The summed E-state index contributed by atoms with van der Waals surface area (Å²) in [5, 5.41) is 20.3. The summed E-state index contributed by atoms with van der Waals surface area (Å²) >= 11 is 0. The number of pyridine rings is 1. The molecule has 7 nitrogen and oxygen atoms in total. The molecule has 0 unspecified atom stereocenters. The van der Waals surface area contributed by atoms with Crippen LogP contribution in [-0.4, -0.2) is 47.9 Å². The number of ether oxygens (including phenoxy) is 1. The molecular formula is C28H43N3O4. The minimum absolute atomic E-state index is 0.0984. The van der Waals surface area contributed by atoms with Crippen molar-refractivity contribution in [3.63, 3.8) is 0 Å². The van der Waals surface area contributed by atoms with E-state index in [1.807, 2.05) is 14.0 Å². The van der Waals surface area contributed by atoms with E-state index in [0.29, 0.717) is 18.9 Å². The molecule has 2 aromatic rings. The van der Waals surface area contributed by atoms with Gasteiger partial charge >= 0.3 is 5.97 Å². The van der Waals surface area contributed by atoms with Crippen molar-refractivity contribution in [3.05, 3.63) is 24.4 Å². The van der Waals surface area contributed by atoms with Crippen LogP contribution in [0.25, 0.3) is 10.9 Å². The van der Waals surface area contributed by atoms with Gasteiger partial charge in [-0.2, -0.15) is 0 Å². The number of fused-ring (bicyclic) bond motifs is 1. The zero-order valence-corrected chi connectivity index (χ0v) is 21.4. The van der Waals surface area contributed by atoms with Gasteiger partial charge < -0.3 is 25.6 Å². The maximum absolute atomic E-state index is 11.6. The van der Waals surface area contributed by atoms with Gasteiger partial charge in [0.1, 0.15) is 5.75 Å². The topological polar surface area (TPSA) is 109 Å². The Morgan fingerprint density at radius 3 is 2.54 bits per heavy atom. The first-order valence-electron chi connectivity index (χ1n) is 13.3. The summed E-state index contributed by atoms with van der Waals surface area (Å²) in [6, 6.07) is 5.08. The lowest BCUT2D eigenvalue weighted by atomic mass is 9.79. The smallest absolute Gasteiger partial charge is 0.306 e. The molecule has 2 aliphatic carbocycles. The van der Waals surface area contributed by atoms with Crippen LogP contribution in [0.15, 0.2) is 24.4 Å². The number of carboxylic acid groups (broad SMARTS) is 1. The molecule has 0 amide bonds. The van der Waals surface area contributed by atoms with Crippen molar-refractivity contribution < 1.29 is 19.7 Å². The third-order valence-corrected chi connectivity index (χ3v) is 7.51. The molecule has 4 N–H and O–H groups in total. The lowest BCUT2D eigenvalue weighted by Crippen LogP contribution is -2.36. The van der Waals surface area contributed by atoms with E-state index < -0.39 is 5.97 Å². The zero-order valence-electron chi connectivity index (χ0n) is 21.4. The highest BCUT2D eigenvalue weighted by Crippen LogP contribution is 2.38. The second-order valence-corrected chi connectivity index (χ2v) is 10.1. The predicted molar refractivity (Wildman–Crippen MR) is 141 cm³/mol. The molecule has 4 rings (SSSR count). The molecule has 1 heterocycles. The summed E-state index contributed by atoms with van der Waals surface area (Å²) in [5.41, 5.74) is 7.08. The Hall–Kier alpha value is -2.54. The number of benzene rings is 1. The molecule has 7 heteroatoms. The van der Waals surface area contributed by atoms with Gasteiger partial charge in [0, 0.05) is 19.0 Å². The van der Waals surface area contributed by atoms with Crippen molar-refractivity contribution in [2.45, 2.75) is 71.1 Å². The molecule has 0 aliphatic heterocycles. The van der Waals surface area contributed by atoms with Gasteiger partial charge in [0.15, 0.2) is 5.75 Å². The normalized spacial score (nSPS) is 20.7. The fourth-order valence-corrected chi connectivity index (χ4v) is 5.71. The van der Waals surface area contributed by atoms with Gasteiger partial charge in [-0.1, -0.05) is 44.9 Å². The lowest BCUT2D eigenvalue weighted by Gasteiger charge is -2.33. The Balaban J connectivity index is 0.000000320. The van der Waals surface area contributed by atoms with E-state index in [-0.39, 0.29) is 17.6 Å². The second-order valence-electron chi connectivity index (χ2n) is 10.1. The number of carbonyl (C=O) groups is 1. The number of aliphatic carboxylic acids is 1. The first-order valence-corrected chi connectivity index (χ1v) is 13.3. The lowest BCUT2D eigenvalue weighted by molar-refractivity contribution is -0.144. The quantitative estimate of drug-likeness (QED) is 0.448. The van der Waals surface area contributed by atoms with Crippen LogP contribution in [0.1, 0.15) is 71.1 Å². The average molecular weight is 486 g/mol. The van der Waals surface area contributed by atoms with Gasteiger partial charge in [-0.05, 0) is 62.8 Å². The van der Waals surface area contributed by atoms with Crippen LogP contribution >= 0.6 is 0 Å². The second kappa shape index (κ2) is 13.5. The average Bonchev–Trinajstić information content (AvgIpc) is 2.85. The molecule has 0 radical (unpaired) electrons. The van der Waals surface area contributed by atoms with Crippen LogP contribution in [0.5, 0.6) is 11.5 Å². The minimum atomic E-state index is -0.703. The SMILES string of the molecule is CCOc1cnc2ccc(O)cc2c1N(C)C[C@H]1CCCC[C@H]1C(=O)O.NCCC1CCCCC1.